The molecule has 1 atom stereocenters. The minimum absolute atomic E-state index is 0.0664. The molecule has 2 fully saturated rings. The summed E-state index contributed by atoms with van der Waals surface area (Å²) in [7, 11) is 0. The van der Waals surface area contributed by atoms with E-state index in [1.807, 2.05) is 47.5 Å². The fourth-order valence-corrected chi connectivity index (χ4v) is 4.84. The van der Waals surface area contributed by atoms with Crippen molar-refractivity contribution in [1.82, 2.24) is 14.9 Å². The van der Waals surface area contributed by atoms with E-state index in [9.17, 15) is 4.79 Å². The average Bonchev–Trinajstić information content (AvgIpc) is 3.01. The number of rotatable bonds is 2. The summed E-state index contributed by atoms with van der Waals surface area (Å²) < 4.78 is 6.03. The van der Waals surface area contributed by atoms with Gasteiger partial charge >= 0.3 is 0 Å². The third kappa shape index (κ3) is 3.63. The number of anilines is 1. The van der Waals surface area contributed by atoms with Crippen LogP contribution >= 0.6 is 0 Å². The maximum Gasteiger partial charge on any atom is 0.254 e. The highest BCUT2D eigenvalue weighted by Crippen LogP contribution is 2.35. The molecule has 0 saturated carbocycles. The number of carbonyl (C=O) groups excluding carboxylic acids is 1. The van der Waals surface area contributed by atoms with Crippen LogP contribution < -0.4 is 4.90 Å². The lowest BCUT2D eigenvalue weighted by molar-refractivity contribution is 0.0136. The monoisotopic (exact) mass is 402 g/mol. The molecule has 0 aliphatic carbocycles. The molecule has 2 aliphatic heterocycles. The molecule has 1 aromatic carbocycles. The first-order valence-electron chi connectivity index (χ1n) is 10.6. The molecule has 0 bridgehead atoms. The van der Waals surface area contributed by atoms with Gasteiger partial charge in [-0.15, -0.1) is 0 Å². The minimum Gasteiger partial charge on any atom is -0.379 e. The Morgan fingerprint density at radius 2 is 1.97 bits per heavy atom. The first-order chi connectivity index (χ1) is 14.7. The van der Waals surface area contributed by atoms with Crippen LogP contribution in [0.25, 0.3) is 10.9 Å². The summed E-state index contributed by atoms with van der Waals surface area (Å²) in [6, 6.07) is 13.7. The van der Waals surface area contributed by atoms with E-state index < -0.39 is 0 Å². The number of benzene rings is 1. The molecule has 6 nitrogen and oxygen atoms in total. The Hall–Kier alpha value is -2.99. The topological polar surface area (TPSA) is 58.6 Å². The smallest absolute Gasteiger partial charge is 0.254 e. The van der Waals surface area contributed by atoms with Gasteiger partial charge in [0.15, 0.2) is 0 Å². The summed E-state index contributed by atoms with van der Waals surface area (Å²) in [5.41, 5.74) is 2.64. The molecule has 30 heavy (non-hydrogen) atoms. The van der Waals surface area contributed by atoms with Crippen molar-refractivity contribution >= 4 is 22.5 Å². The van der Waals surface area contributed by atoms with Gasteiger partial charge in [-0.3, -0.25) is 14.8 Å². The van der Waals surface area contributed by atoms with Crippen molar-refractivity contribution in [1.29, 1.82) is 0 Å². The largest absolute Gasteiger partial charge is 0.379 e. The van der Waals surface area contributed by atoms with Crippen LogP contribution in [0.15, 0.2) is 61.1 Å². The number of hydrogen-bond acceptors (Lipinski definition) is 5. The van der Waals surface area contributed by atoms with Crippen LogP contribution in [0.3, 0.4) is 0 Å². The van der Waals surface area contributed by atoms with Crippen LogP contribution in [0.5, 0.6) is 0 Å². The van der Waals surface area contributed by atoms with E-state index in [4.69, 9.17) is 4.74 Å². The summed E-state index contributed by atoms with van der Waals surface area (Å²) in [4.78, 5) is 26.6. The quantitative estimate of drug-likeness (QED) is 0.658. The predicted octanol–water partition coefficient (Wildman–Crippen LogP) is 3.39. The summed E-state index contributed by atoms with van der Waals surface area (Å²) in [5.74, 6) is 0.0878. The molecule has 5 rings (SSSR count). The lowest BCUT2D eigenvalue weighted by atomic mass is 9.79. The Kier molecular flexibility index (Phi) is 5.09. The number of amides is 1. The van der Waals surface area contributed by atoms with Gasteiger partial charge in [-0.2, -0.15) is 0 Å². The standard InChI is InChI=1S/C24H26N4O2/c29-23(21-6-1-8-22-20(21)7-3-11-26-22)28-12-4-9-24(17-28)16-27(13-14-30-18-24)19-5-2-10-25-15-19/h1-3,5-8,10-11,15H,4,9,12-14,16-18H2. The zero-order valence-electron chi connectivity index (χ0n) is 17.0. The van der Waals surface area contributed by atoms with Crippen molar-refractivity contribution in [3.63, 3.8) is 0 Å². The van der Waals surface area contributed by atoms with Crippen molar-refractivity contribution in [2.45, 2.75) is 12.8 Å². The second kappa shape index (κ2) is 8.03. The average molecular weight is 402 g/mol. The van der Waals surface area contributed by atoms with Gasteiger partial charge in [0.2, 0.25) is 0 Å². The van der Waals surface area contributed by atoms with E-state index in [0.717, 1.165) is 54.6 Å². The molecule has 154 valence electrons. The van der Waals surface area contributed by atoms with E-state index in [-0.39, 0.29) is 11.3 Å². The normalized spacial score (nSPS) is 22.3. The number of ether oxygens (including phenoxy) is 1. The Balaban J connectivity index is 1.41. The molecular weight excluding hydrogens is 376 g/mol. The fourth-order valence-electron chi connectivity index (χ4n) is 4.84. The Bertz CT molecular complexity index is 1040. The fraction of sp³-hybridized carbons (Fsp3) is 0.375. The number of likely N-dealkylation sites (tertiary alicyclic amines) is 1. The van der Waals surface area contributed by atoms with Crippen molar-refractivity contribution in [2.24, 2.45) is 5.41 Å². The molecule has 0 N–H and O–H groups in total. The van der Waals surface area contributed by atoms with Gasteiger partial charge in [-0.25, -0.2) is 0 Å². The first kappa shape index (κ1) is 19.0. The van der Waals surface area contributed by atoms with Gasteiger partial charge in [-0.05, 0) is 43.2 Å². The maximum atomic E-state index is 13.5. The molecule has 1 amide bonds. The lowest BCUT2D eigenvalue weighted by Crippen LogP contribution is -2.52. The van der Waals surface area contributed by atoms with Gasteiger partial charge in [-0.1, -0.05) is 12.1 Å². The van der Waals surface area contributed by atoms with Crippen molar-refractivity contribution in [2.75, 3.05) is 44.3 Å². The van der Waals surface area contributed by atoms with Gasteiger partial charge in [0, 0.05) is 54.9 Å². The highest BCUT2D eigenvalue weighted by molar-refractivity contribution is 6.06. The molecular formula is C24H26N4O2. The molecule has 2 saturated heterocycles. The van der Waals surface area contributed by atoms with Gasteiger partial charge in [0.25, 0.3) is 5.91 Å². The third-order valence-corrected chi connectivity index (χ3v) is 6.28. The SMILES string of the molecule is O=C(c1cccc2ncccc12)N1CCCC2(COCCN(c3cccnc3)C2)C1. The molecule has 1 spiro atoms. The Morgan fingerprint density at radius 1 is 1.03 bits per heavy atom. The van der Waals surface area contributed by atoms with E-state index in [1.165, 1.54) is 0 Å². The van der Waals surface area contributed by atoms with Gasteiger partial charge < -0.3 is 14.5 Å². The van der Waals surface area contributed by atoms with Crippen molar-refractivity contribution in [3.8, 4) is 0 Å². The van der Waals surface area contributed by atoms with Gasteiger partial charge in [0.1, 0.15) is 0 Å². The Morgan fingerprint density at radius 3 is 2.87 bits per heavy atom. The van der Waals surface area contributed by atoms with Crippen LogP contribution in [0.1, 0.15) is 23.2 Å². The van der Waals surface area contributed by atoms with Crippen molar-refractivity contribution in [3.05, 3.63) is 66.6 Å². The zero-order chi connectivity index (χ0) is 20.4. The number of pyridine rings is 2. The summed E-state index contributed by atoms with van der Waals surface area (Å²) in [5, 5.41) is 0.915. The second-order valence-corrected chi connectivity index (χ2v) is 8.39. The number of nitrogens with zero attached hydrogens (tertiary/aromatic N) is 4. The zero-order valence-corrected chi connectivity index (χ0v) is 17.0. The number of aromatic nitrogens is 2. The minimum atomic E-state index is -0.0664. The molecule has 4 heterocycles. The Labute approximate surface area is 176 Å². The maximum absolute atomic E-state index is 13.5. The number of fused-ring (bicyclic) bond motifs is 1. The second-order valence-electron chi connectivity index (χ2n) is 8.39. The van der Waals surface area contributed by atoms with Gasteiger partial charge in [0.05, 0.1) is 30.6 Å². The molecule has 2 aromatic heterocycles. The molecule has 3 aromatic rings. The van der Waals surface area contributed by atoms with E-state index in [0.29, 0.717) is 19.8 Å². The number of carbonyl (C=O) groups is 1. The van der Waals surface area contributed by atoms with Crippen LogP contribution in [-0.2, 0) is 4.74 Å². The molecule has 2 aliphatic rings. The van der Waals surface area contributed by atoms with Crippen LogP contribution in [0, 0.1) is 5.41 Å². The third-order valence-electron chi connectivity index (χ3n) is 6.28. The summed E-state index contributed by atoms with van der Waals surface area (Å²) >= 11 is 0. The highest BCUT2D eigenvalue weighted by atomic mass is 16.5. The first-order valence-corrected chi connectivity index (χ1v) is 10.6. The van der Waals surface area contributed by atoms with Crippen molar-refractivity contribution < 1.29 is 9.53 Å². The van der Waals surface area contributed by atoms with E-state index >= 15 is 0 Å². The lowest BCUT2D eigenvalue weighted by Gasteiger charge is -2.44. The van der Waals surface area contributed by atoms with E-state index in [1.54, 1.807) is 12.4 Å². The number of piperidine rings is 1. The summed E-state index contributed by atoms with van der Waals surface area (Å²) in [6.45, 7) is 4.59. The molecule has 1 unspecified atom stereocenters. The molecule has 0 radical (unpaired) electrons. The van der Waals surface area contributed by atoms with E-state index in [2.05, 4.69) is 20.9 Å². The highest BCUT2D eigenvalue weighted by Gasteiger charge is 2.40. The predicted molar refractivity (Wildman–Crippen MR) is 117 cm³/mol. The summed E-state index contributed by atoms with van der Waals surface area (Å²) in [6.07, 6.45) is 7.52. The molecule has 6 heteroatoms. The van der Waals surface area contributed by atoms with Crippen LogP contribution in [0.4, 0.5) is 5.69 Å². The number of hydrogen-bond donors (Lipinski definition) is 0. The van der Waals surface area contributed by atoms with Crippen LogP contribution in [0.2, 0.25) is 0 Å². The van der Waals surface area contributed by atoms with Crippen LogP contribution in [-0.4, -0.2) is 60.2 Å².